The van der Waals surface area contributed by atoms with Crippen molar-refractivity contribution in [3.8, 4) is 0 Å². The molecule has 128 valence electrons. The molecule has 2 fully saturated rings. The van der Waals surface area contributed by atoms with Crippen LogP contribution < -0.4 is 10.2 Å². The second-order valence-corrected chi connectivity index (χ2v) is 7.61. The summed E-state index contributed by atoms with van der Waals surface area (Å²) >= 11 is 0. The Morgan fingerprint density at radius 3 is 2.52 bits per heavy atom. The highest BCUT2D eigenvalue weighted by Gasteiger charge is 2.41. The van der Waals surface area contributed by atoms with Gasteiger partial charge in [-0.3, -0.25) is 4.79 Å². The quantitative estimate of drug-likeness (QED) is 0.903. The molecule has 1 amide bonds. The minimum absolute atomic E-state index is 0.0462. The van der Waals surface area contributed by atoms with Gasteiger partial charge in [0.25, 0.3) is 5.91 Å². The van der Waals surface area contributed by atoms with Crippen molar-refractivity contribution in [2.75, 3.05) is 16.8 Å². The van der Waals surface area contributed by atoms with E-state index < -0.39 is 0 Å². The van der Waals surface area contributed by atoms with Crippen LogP contribution >= 0.6 is 0 Å². The van der Waals surface area contributed by atoms with Crippen LogP contribution in [0.1, 0.15) is 41.6 Å². The van der Waals surface area contributed by atoms with Crippen LogP contribution in [0.3, 0.4) is 0 Å². The zero-order chi connectivity index (χ0) is 16.8. The highest BCUT2D eigenvalue weighted by molar-refractivity contribution is 6.07. The topological polar surface area (TPSA) is 45.2 Å². The first-order valence-corrected chi connectivity index (χ1v) is 9.42. The second kappa shape index (κ2) is 5.87. The Balaban J connectivity index is 1.31. The number of rotatable bonds is 5. The van der Waals surface area contributed by atoms with E-state index in [1.165, 1.54) is 31.2 Å². The number of amides is 1. The van der Waals surface area contributed by atoms with E-state index in [1.807, 2.05) is 35.2 Å². The standard InChI is InChI=1S/C21H23N3O/c25-21(24-12-11-14-3-1-2-4-18(14)24)17-9-10-19(22-13-17)23-20(15-5-6-15)16-7-8-16/h1-4,9-10,13,15-16,20H,5-8,11-12H2,(H,22,23). The number of anilines is 2. The van der Waals surface area contributed by atoms with Gasteiger partial charge in [-0.2, -0.15) is 0 Å². The molecule has 0 saturated heterocycles. The summed E-state index contributed by atoms with van der Waals surface area (Å²) in [6, 6.07) is 12.6. The molecule has 2 saturated carbocycles. The molecule has 0 atom stereocenters. The number of fused-ring (bicyclic) bond motifs is 1. The van der Waals surface area contributed by atoms with Gasteiger partial charge in [0, 0.05) is 24.5 Å². The van der Waals surface area contributed by atoms with Gasteiger partial charge in [-0.05, 0) is 67.7 Å². The minimum Gasteiger partial charge on any atom is -0.367 e. The molecular weight excluding hydrogens is 310 g/mol. The highest BCUT2D eigenvalue weighted by atomic mass is 16.2. The lowest BCUT2D eigenvalue weighted by molar-refractivity contribution is 0.0989. The lowest BCUT2D eigenvalue weighted by Crippen LogP contribution is -2.29. The summed E-state index contributed by atoms with van der Waals surface area (Å²) in [4.78, 5) is 19.2. The number of pyridine rings is 1. The number of nitrogens with one attached hydrogen (secondary N) is 1. The maximum Gasteiger partial charge on any atom is 0.259 e. The van der Waals surface area contributed by atoms with E-state index in [4.69, 9.17) is 0 Å². The number of carbonyl (C=O) groups excluding carboxylic acids is 1. The molecule has 0 unspecified atom stereocenters. The van der Waals surface area contributed by atoms with Crippen molar-refractivity contribution in [3.05, 3.63) is 53.7 Å². The third kappa shape index (κ3) is 2.90. The van der Waals surface area contributed by atoms with Crippen molar-refractivity contribution in [2.45, 2.75) is 38.1 Å². The summed E-state index contributed by atoms with van der Waals surface area (Å²) in [5, 5.41) is 3.62. The Kier molecular flexibility index (Phi) is 3.51. The Labute approximate surface area is 148 Å². The molecule has 1 aromatic heterocycles. The Morgan fingerprint density at radius 1 is 1.08 bits per heavy atom. The fourth-order valence-corrected chi connectivity index (χ4v) is 4.01. The minimum atomic E-state index is 0.0462. The van der Waals surface area contributed by atoms with Crippen molar-refractivity contribution >= 4 is 17.4 Å². The largest absolute Gasteiger partial charge is 0.367 e. The van der Waals surface area contributed by atoms with Gasteiger partial charge in [-0.1, -0.05) is 18.2 Å². The molecule has 4 heteroatoms. The summed E-state index contributed by atoms with van der Waals surface area (Å²) < 4.78 is 0. The smallest absolute Gasteiger partial charge is 0.259 e. The second-order valence-electron chi connectivity index (χ2n) is 7.61. The fraction of sp³-hybridized carbons (Fsp3) is 0.429. The van der Waals surface area contributed by atoms with Crippen molar-refractivity contribution in [2.24, 2.45) is 11.8 Å². The van der Waals surface area contributed by atoms with Crippen molar-refractivity contribution in [1.29, 1.82) is 0 Å². The van der Waals surface area contributed by atoms with E-state index in [9.17, 15) is 4.79 Å². The SMILES string of the molecule is O=C(c1ccc(NC(C2CC2)C2CC2)nc1)N1CCc2ccccc21. The van der Waals surface area contributed by atoms with Gasteiger partial charge in [0.05, 0.1) is 5.56 Å². The third-order valence-electron chi connectivity index (χ3n) is 5.72. The molecule has 1 aromatic carbocycles. The number of aromatic nitrogens is 1. The Morgan fingerprint density at radius 2 is 1.84 bits per heavy atom. The third-order valence-corrected chi connectivity index (χ3v) is 5.72. The molecule has 1 N–H and O–H groups in total. The van der Waals surface area contributed by atoms with Crippen LogP contribution in [-0.2, 0) is 6.42 Å². The van der Waals surface area contributed by atoms with E-state index in [-0.39, 0.29) is 5.91 Å². The number of hydrogen-bond acceptors (Lipinski definition) is 3. The van der Waals surface area contributed by atoms with Crippen LogP contribution in [0.25, 0.3) is 0 Å². The number of benzene rings is 1. The normalized spacial score (nSPS) is 19.2. The van der Waals surface area contributed by atoms with Crippen LogP contribution in [-0.4, -0.2) is 23.5 Å². The highest BCUT2D eigenvalue weighted by Crippen LogP contribution is 2.45. The molecule has 25 heavy (non-hydrogen) atoms. The molecule has 0 bridgehead atoms. The number of para-hydroxylation sites is 1. The Hall–Kier alpha value is -2.36. The average Bonchev–Trinajstić information content (AvgIpc) is 3.57. The van der Waals surface area contributed by atoms with E-state index in [1.54, 1.807) is 6.20 Å². The summed E-state index contributed by atoms with van der Waals surface area (Å²) in [7, 11) is 0. The monoisotopic (exact) mass is 333 g/mol. The lowest BCUT2D eigenvalue weighted by Gasteiger charge is -2.19. The van der Waals surface area contributed by atoms with Crippen molar-refractivity contribution < 1.29 is 4.79 Å². The summed E-state index contributed by atoms with van der Waals surface area (Å²) in [5.74, 6) is 2.61. The first-order valence-electron chi connectivity index (χ1n) is 9.42. The zero-order valence-electron chi connectivity index (χ0n) is 14.3. The molecule has 4 nitrogen and oxygen atoms in total. The molecule has 0 spiro atoms. The van der Waals surface area contributed by atoms with Gasteiger partial charge in [-0.25, -0.2) is 4.98 Å². The first-order chi connectivity index (χ1) is 12.3. The lowest BCUT2D eigenvalue weighted by atomic mass is 10.1. The fourth-order valence-electron chi connectivity index (χ4n) is 4.01. The first kappa shape index (κ1) is 14.9. The Bertz CT molecular complexity index is 781. The van der Waals surface area contributed by atoms with Gasteiger partial charge < -0.3 is 10.2 Å². The summed E-state index contributed by atoms with van der Waals surface area (Å²) in [5.41, 5.74) is 2.95. The van der Waals surface area contributed by atoms with Gasteiger partial charge in [-0.15, -0.1) is 0 Å². The maximum atomic E-state index is 12.8. The van der Waals surface area contributed by atoms with Crippen molar-refractivity contribution in [1.82, 2.24) is 4.98 Å². The van der Waals surface area contributed by atoms with Crippen LogP contribution in [0.4, 0.5) is 11.5 Å². The van der Waals surface area contributed by atoms with Gasteiger partial charge in [0.1, 0.15) is 5.82 Å². The van der Waals surface area contributed by atoms with Crippen LogP contribution in [0.2, 0.25) is 0 Å². The van der Waals surface area contributed by atoms with Crippen LogP contribution in [0.15, 0.2) is 42.6 Å². The van der Waals surface area contributed by atoms with Gasteiger partial charge in [0.15, 0.2) is 0 Å². The van der Waals surface area contributed by atoms with E-state index in [2.05, 4.69) is 16.4 Å². The molecule has 2 aromatic rings. The summed E-state index contributed by atoms with van der Waals surface area (Å²) in [6.07, 6.45) is 8.04. The molecule has 5 rings (SSSR count). The van der Waals surface area contributed by atoms with Gasteiger partial charge in [0.2, 0.25) is 0 Å². The molecule has 2 aliphatic carbocycles. The number of nitrogens with zero attached hydrogens (tertiary/aromatic N) is 2. The van der Waals surface area contributed by atoms with Crippen LogP contribution in [0.5, 0.6) is 0 Å². The predicted molar refractivity (Wildman–Crippen MR) is 98.9 cm³/mol. The molecule has 3 aliphatic rings. The molecule has 2 heterocycles. The predicted octanol–water partition coefficient (Wildman–Crippen LogP) is 3.89. The van der Waals surface area contributed by atoms with Gasteiger partial charge >= 0.3 is 0 Å². The van der Waals surface area contributed by atoms with E-state index in [0.717, 1.165) is 36.3 Å². The van der Waals surface area contributed by atoms with E-state index in [0.29, 0.717) is 11.6 Å². The molecule has 0 radical (unpaired) electrons. The average molecular weight is 333 g/mol. The summed E-state index contributed by atoms with van der Waals surface area (Å²) in [6.45, 7) is 0.754. The van der Waals surface area contributed by atoms with Crippen molar-refractivity contribution in [3.63, 3.8) is 0 Å². The zero-order valence-corrected chi connectivity index (χ0v) is 14.3. The van der Waals surface area contributed by atoms with E-state index >= 15 is 0 Å². The number of hydrogen-bond donors (Lipinski definition) is 1. The van der Waals surface area contributed by atoms with Crippen LogP contribution in [0, 0.1) is 11.8 Å². The molecular formula is C21H23N3O. The number of carbonyl (C=O) groups is 1. The maximum absolute atomic E-state index is 12.8. The molecule has 1 aliphatic heterocycles.